The zero-order valence-corrected chi connectivity index (χ0v) is 6.04. The van der Waals surface area contributed by atoms with Gasteiger partial charge in [-0.25, -0.2) is 9.97 Å². The maximum atomic E-state index is 10.0. The molecule has 0 aliphatic rings. The van der Waals surface area contributed by atoms with E-state index in [1.807, 2.05) is 0 Å². The third kappa shape index (κ3) is 0.914. The highest BCUT2D eigenvalue weighted by Crippen LogP contribution is 2.05. The molecule has 0 unspecified atom stereocenters. The zero-order valence-electron chi connectivity index (χ0n) is 6.04. The fourth-order valence-electron chi connectivity index (χ4n) is 0.952. The molecule has 2 heterocycles. The van der Waals surface area contributed by atoms with E-state index in [2.05, 4.69) is 14.8 Å². The number of imidazole rings is 1. The van der Waals surface area contributed by atoms with E-state index in [1.165, 1.54) is 11.1 Å². The van der Waals surface area contributed by atoms with Crippen molar-refractivity contribution in [1.29, 1.82) is 0 Å². The van der Waals surface area contributed by atoms with Crippen molar-refractivity contribution in [3.8, 4) is 0 Å². The van der Waals surface area contributed by atoms with Crippen LogP contribution in [-0.4, -0.2) is 21.2 Å². The minimum absolute atomic E-state index is 0.329. The van der Waals surface area contributed by atoms with E-state index in [-0.39, 0.29) is 0 Å². The molecule has 0 aliphatic carbocycles. The van der Waals surface area contributed by atoms with Gasteiger partial charge in [0.05, 0.1) is 0 Å². The number of carbonyl (C=O) groups is 1. The molecule has 0 fully saturated rings. The van der Waals surface area contributed by atoms with Gasteiger partial charge in [-0.1, -0.05) is 0 Å². The molecule has 0 aromatic carbocycles. The number of pyridine rings is 1. The van der Waals surface area contributed by atoms with Crippen molar-refractivity contribution in [3.63, 3.8) is 0 Å². The Balaban J connectivity index is 2.62. The van der Waals surface area contributed by atoms with Gasteiger partial charge in [-0.3, -0.25) is 4.79 Å². The van der Waals surface area contributed by atoms with Crippen LogP contribution in [0.5, 0.6) is 0 Å². The lowest BCUT2D eigenvalue weighted by Crippen LogP contribution is -2.07. The summed E-state index contributed by atoms with van der Waals surface area (Å²) in [4.78, 5) is 22.5. The number of hydrogen-bond acceptors (Lipinski definition) is 4. The first-order chi connectivity index (χ1) is 5.92. The first-order valence-corrected chi connectivity index (χ1v) is 3.30. The van der Waals surface area contributed by atoms with Crippen LogP contribution >= 0.6 is 0 Å². The monoisotopic (exact) mass is 163 g/mol. The van der Waals surface area contributed by atoms with Crippen LogP contribution < -0.4 is 4.84 Å². The zero-order chi connectivity index (χ0) is 8.39. The topological polar surface area (TPSA) is 57.0 Å². The van der Waals surface area contributed by atoms with Crippen LogP contribution in [0.3, 0.4) is 0 Å². The first kappa shape index (κ1) is 6.78. The van der Waals surface area contributed by atoms with Crippen LogP contribution in [-0.2, 0) is 4.79 Å². The summed E-state index contributed by atoms with van der Waals surface area (Å²) in [5.41, 5.74) is 1.23. The van der Waals surface area contributed by atoms with Crippen molar-refractivity contribution in [3.05, 3.63) is 24.7 Å². The quantitative estimate of drug-likeness (QED) is 0.585. The first-order valence-electron chi connectivity index (χ1n) is 3.30. The van der Waals surface area contributed by atoms with E-state index < -0.39 is 0 Å². The molecule has 12 heavy (non-hydrogen) atoms. The molecule has 0 atom stereocenters. The van der Waals surface area contributed by atoms with Gasteiger partial charge in [-0.15, -0.1) is 4.73 Å². The van der Waals surface area contributed by atoms with Crippen molar-refractivity contribution in [2.75, 3.05) is 0 Å². The summed E-state index contributed by atoms with van der Waals surface area (Å²) in [6, 6.07) is 3.55. The average Bonchev–Trinajstić information content (AvgIpc) is 2.50. The second-order valence-corrected chi connectivity index (χ2v) is 2.12. The molecule has 0 saturated heterocycles. The Morgan fingerprint density at radius 1 is 1.50 bits per heavy atom. The Morgan fingerprint density at radius 3 is 3.25 bits per heavy atom. The van der Waals surface area contributed by atoms with Crippen LogP contribution in [0.15, 0.2) is 24.7 Å². The van der Waals surface area contributed by atoms with Gasteiger partial charge in [-0.05, 0) is 12.1 Å². The van der Waals surface area contributed by atoms with Crippen LogP contribution in [0.2, 0.25) is 0 Å². The molecule has 0 radical (unpaired) electrons. The lowest BCUT2D eigenvalue weighted by Gasteiger charge is -1.95. The van der Waals surface area contributed by atoms with E-state index in [1.54, 1.807) is 18.3 Å². The van der Waals surface area contributed by atoms with Gasteiger partial charge in [-0.2, -0.15) is 0 Å². The Labute approximate surface area is 67.6 Å². The second kappa shape index (κ2) is 2.61. The van der Waals surface area contributed by atoms with Crippen LogP contribution in [0.1, 0.15) is 0 Å². The fraction of sp³-hybridized carbons (Fsp3) is 0. The standard InChI is InChI=1S/C7H5N3O2/c11-5-12-10-4-9-6-2-1-3-8-7(6)10/h1-5H. The largest absolute Gasteiger partial charge is 0.337 e. The second-order valence-electron chi connectivity index (χ2n) is 2.12. The number of hydrogen-bond donors (Lipinski definition) is 0. The van der Waals surface area contributed by atoms with E-state index in [0.29, 0.717) is 17.6 Å². The molecule has 0 N–H and O–H groups in total. The van der Waals surface area contributed by atoms with Gasteiger partial charge >= 0.3 is 6.47 Å². The van der Waals surface area contributed by atoms with Crippen LogP contribution in [0.4, 0.5) is 0 Å². The Morgan fingerprint density at radius 2 is 2.42 bits per heavy atom. The fourth-order valence-corrected chi connectivity index (χ4v) is 0.952. The van der Waals surface area contributed by atoms with Crippen molar-refractivity contribution in [2.24, 2.45) is 0 Å². The highest BCUT2D eigenvalue weighted by atomic mass is 16.7. The number of aromatic nitrogens is 3. The molecule has 2 aromatic rings. The van der Waals surface area contributed by atoms with Crippen molar-refractivity contribution in [1.82, 2.24) is 14.7 Å². The number of fused-ring (bicyclic) bond motifs is 1. The lowest BCUT2D eigenvalue weighted by atomic mass is 10.4. The van der Waals surface area contributed by atoms with Crippen molar-refractivity contribution >= 4 is 17.6 Å². The maximum absolute atomic E-state index is 10.0. The summed E-state index contributed by atoms with van der Waals surface area (Å²) in [7, 11) is 0. The van der Waals surface area contributed by atoms with E-state index in [4.69, 9.17) is 0 Å². The third-order valence-electron chi connectivity index (χ3n) is 1.43. The molecule has 5 heteroatoms. The van der Waals surface area contributed by atoms with Gasteiger partial charge < -0.3 is 4.84 Å². The summed E-state index contributed by atoms with van der Waals surface area (Å²) < 4.78 is 1.21. The lowest BCUT2D eigenvalue weighted by molar-refractivity contribution is -0.128. The molecule has 60 valence electrons. The normalized spacial score (nSPS) is 10.0. The molecular formula is C7H5N3O2. The number of rotatable bonds is 2. The molecule has 5 nitrogen and oxygen atoms in total. The van der Waals surface area contributed by atoms with Crippen LogP contribution in [0.25, 0.3) is 11.2 Å². The minimum Gasteiger partial charge on any atom is -0.337 e. The third-order valence-corrected chi connectivity index (χ3v) is 1.43. The molecule has 0 spiro atoms. The average molecular weight is 163 g/mol. The predicted octanol–water partition coefficient (Wildman–Crippen LogP) is 0.0163. The molecular weight excluding hydrogens is 158 g/mol. The summed E-state index contributed by atoms with van der Waals surface area (Å²) in [6.07, 6.45) is 3.00. The number of carbonyl (C=O) groups excluding carboxylic acids is 1. The van der Waals surface area contributed by atoms with Gasteiger partial charge in [0.25, 0.3) is 0 Å². The van der Waals surface area contributed by atoms with Crippen molar-refractivity contribution in [2.45, 2.75) is 0 Å². The predicted molar refractivity (Wildman–Crippen MR) is 40.2 cm³/mol. The van der Waals surface area contributed by atoms with Gasteiger partial charge in [0.2, 0.25) is 0 Å². The van der Waals surface area contributed by atoms with E-state index >= 15 is 0 Å². The highest BCUT2D eigenvalue weighted by molar-refractivity contribution is 5.69. The van der Waals surface area contributed by atoms with Crippen LogP contribution in [0, 0.1) is 0 Å². The van der Waals surface area contributed by atoms with E-state index in [0.717, 1.165) is 0 Å². The Hall–Kier alpha value is -1.91. The maximum Gasteiger partial charge on any atom is 0.321 e. The summed E-state index contributed by atoms with van der Waals surface area (Å²) in [5, 5.41) is 0. The SMILES string of the molecule is O=COn1cnc2cccnc21. The minimum atomic E-state index is 0.329. The highest BCUT2D eigenvalue weighted by Gasteiger charge is 2.01. The Kier molecular flexibility index (Phi) is 1.48. The summed E-state index contributed by atoms with van der Waals surface area (Å²) in [5.74, 6) is 0. The van der Waals surface area contributed by atoms with Crippen molar-refractivity contribution < 1.29 is 9.63 Å². The Bertz CT molecular complexity index is 410. The smallest absolute Gasteiger partial charge is 0.321 e. The molecule has 0 bridgehead atoms. The molecule has 2 rings (SSSR count). The van der Waals surface area contributed by atoms with Gasteiger partial charge in [0.1, 0.15) is 11.8 Å². The van der Waals surface area contributed by atoms with Gasteiger partial charge in [0, 0.05) is 6.20 Å². The molecule has 2 aromatic heterocycles. The number of nitrogens with zero attached hydrogens (tertiary/aromatic N) is 3. The summed E-state index contributed by atoms with van der Waals surface area (Å²) >= 11 is 0. The molecule has 0 saturated carbocycles. The van der Waals surface area contributed by atoms with E-state index in [9.17, 15) is 4.79 Å². The molecule has 0 amide bonds. The van der Waals surface area contributed by atoms with Gasteiger partial charge in [0.15, 0.2) is 5.65 Å². The summed E-state index contributed by atoms with van der Waals surface area (Å²) in [6.45, 7) is 0.329. The molecule has 0 aliphatic heterocycles.